The molecule has 1 aliphatic heterocycles. The predicted molar refractivity (Wildman–Crippen MR) is 107 cm³/mol. The lowest BCUT2D eigenvalue weighted by Gasteiger charge is -2.27. The van der Waals surface area contributed by atoms with Gasteiger partial charge in [-0.3, -0.25) is 9.59 Å². The second-order valence-electron chi connectivity index (χ2n) is 7.30. The van der Waals surface area contributed by atoms with Crippen molar-refractivity contribution in [3.63, 3.8) is 0 Å². The highest BCUT2D eigenvalue weighted by Crippen LogP contribution is 2.29. The van der Waals surface area contributed by atoms with Crippen LogP contribution in [0.1, 0.15) is 31.7 Å². The molecule has 6 heteroatoms. The van der Waals surface area contributed by atoms with Crippen molar-refractivity contribution < 1.29 is 18.7 Å². The molecule has 1 saturated heterocycles. The zero-order valence-electron chi connectivity index (χ0n) is 16.2. The molecule has 1 atom stereocenters. The Morgan fingerprint density at radius 1 is 1.14 bits per heavy atom. The summed E-state index contributed by atoms with van der Waals surface area (Å²) in [5, 5.41) is 2.91. The van der Waals surface area contributed by atoms with Crippen molar-refractivity contribution in [1.82, 2.24) is 0 Å². The lowest BCUT2D eigenvalue weighted by atomic mass is 9.85. The number of nitrogens with one attached hydrogen (secondary N) is 1. The van der Waals surface area contributed by atoms with Crippen LogP contribution in [-0.2, 0) is 14.3 Å². The van der Waals surface area contributed by atoms with Crippen LogP contribution in [0.25, 0.3) is 0 Å². The molecule has 0 aliphatic carbocycles. The zero-order chi connectivity index (χ0) is 20.1. The van der Waals surface area contributed by atoms with E-state index in [0.717, 1.165) is 11.3 Å². The van der Waals surface area contributed by atoms with Gasteiger partial charge < -0.3 is 15.0 Å². The molecule has 0 bridgehead atoms. The molecule has 1 heterocycles. The first-order valence-corrected chi connectivity index (χ1v) is 9.47. The number of rotatable bonds is 6. The molecule has 1 fully saturated rings. The molecule has 0 spiro atoms. The van der Waals surface area contributed by atoms with E-state index < -0.39 is 0 Å². The fourth-order valence-electron chi connectivity index (χ4n) is 3.38. The highest BCUT2D eigenvalue weighted by Gasteiger charge is 2.21. The Hall–Kier alpha value is -2.73. The van der Waals surface area contributed by atoms with Crippen LogP contribution >= 0.6 is 0 Å². The van der Waals surface area contributed by atoms with E-state index in [0.29, 0.717) is 25.3 Å². The van der Waals surface area contributed by atoms with E-state index in [1.807, 2.05) is 12.1 Å². The maximum atomic E-state index is 13.2. The maximum Gasteiger partial charge on any atom is 0.253 e. The highest BCUT2D eigenvalue weighted by atomic mass is 19.1. The van der Waals surface area contributed by atoms with Crippen LogP contribution in [-0.4, -0.2) is 31.6 Å². The van der Waals surface area contributed by atoms with Gasteiger partial charge in [0.15, 0.2) is 0 Å². The van der Waals surface area contributed by atoms with Crippen LogP contribution in [0.5, 0.6) is 0 Å². The number of amides is 2. The minimum Gasteiger partial charge on any atom is -0.370 e. The average molecular weight is 384 g/mol. The molecule has 0 radical (unpaired) electrons. The fraction of sp³-hybridized carbons (Fsp3) is 0.364. The van der Waals surface area contributed by atoms with Gasteiger partial charge in [-0.05, 0) is 53.8 Å². The number of halogens is 1. The van der Waals surface area contributed by atoms with Crippen molar-refractivity contribution >= 4 is 23.2 Å². The Morgan fingerprint density at radius 3 is 2.43 bits per heavy atom. The van der Waals surface area contributed by atoms with Gasteiger partial charge in [-0.1, -0.05) is 26.0 Å². The van der Waals surface area contributed by atoms with Crippen molar-refractivity contribution in [3.8, 4) is 0 Å². The number of hydrogen-bond donors (Lipinski definition) is 1. The summed E-state index contributed by atoms with van der Waals surface area (Å²) >= 11 is 0. The molecule has 3 rings (SSSR count). The van der Waals surface area contributed by atoms with Gasteiger partial charge in [-0.15, -0.1) is 0 Å². The molecule has 0 aromatic heterocycles. The number of ether oxygens (including phenoxy) is 1. The number of anilines is 2. The number of benzene rings is 2. The molecule has 1 unspecified atom stereocenters. The zero-order valence-corrected chi connectivity index (χ0v) is 16.2. The molecule has 148 valence electrons. The van der Waals surface area contributed by atoms with Crippen LogP contribution in [0.4, 0.5) is 15.8 Å². The van der Waals surface area contributed by atoms with Crippen LogP contribution in [0, 0.1) is 11.7 Å². The largest absolute Gasteiger partial charge is 0.370 e. The minimum atomic E-state index is -0.283. The number of hydrogen-bond acceptors (Lipinski definition) is 3. The second kappa shape index (κ2) is 8.97. The van der Waals surface area contributed by atoms with Gasteiger partial charge in [0.05, 0.1) is 6.61 Å². The summed E-state index contributed by atoms with van der Waals surface area (Å²) in [5.41, 5.74) is 2.42. The van der Waals surface area contributed by atoms with Gasteiger partial charge >= 0.3 is 0 Å². The lowest BCUT2D eigenvalue weighted by molar-refractivity contribution is -0.125. The minimum absolute atomic E-state index is 0.00541. The summed E-state index contributed by atoms with van der Waals surface area (Å²) in [7, 11) is 0. The first-order chi connectivity index (χ1) is 13.4. The van der Waals surface area contributed by atoms with Crippen molar-refractivity contribution in [2.75, 3.05) is 30.0 Å². The molecule has 2 aromatic rings. The van der Waals surface area contributed by atoms with Gasteiger partial charge in [0.1, 0.15) is 12.4 Å². The van der Waals surface area contributed by atoms with E-state index >= 15 is 0 Å². The molecule has 5 nitrogen and oxygen atoms in total. The Bertz CT molecular complexity index is 819. The third-order valence-electron chi connectivity index (χ3n) is 4.96. The summed E-state index contributed by atoms with van der Waals surface area (Å²) in [6.45, 7) is 5.24. The molecule has 1 aliphatic rings. The van der Waals surface area contributed by atoms with E-state index in [1.165, 1.54) is 12.1 Å². The predicted octanol–water partition coefficient (Wildman–Crippen LogP) is 3.96. The third-order valence-corrected chi connectivity index (χ3v) is 4.96. The SMILES string of the molecule is CC(C)C(CC(=O)Nc1ccc(N2CCOCC2=O)cc1)c1ccc(F)cc1. The van der Waals surface area contributed by atoms with Gasteiger partial charge in [-0.25, -0.2) is 4.39 Å². The maximum absolute atomic E-state index is 13.2. The Morgan fingerprint density at radius 2 is 1.82 bits per heavy atom. The Labute approximate surface area is 164 Å². The number of carbonyl (C=O) groups excluding carboxylic acids is 2. The van der Waals surface area contributed by atoms with Crippen LogP contribution in [0.15, 0.2) is 48.5 Å². The number of nitrogens with zero attached hydrogens (tertiary/aromatic N) is 1. The van der Waals surface area contributed by atoms with Crippen LogP contribution in [0.3, 0.4) is 0 Å². The normalized spacial score (nSPS) is 15.6. The van der Waals surface area contributed by atoms with E-state index in [2.05, 4.69) is 19.2 Å². The van der Waals surface area contributed by atoms with E-state index in [1.54, 1.807) is 29.2 Å². The molecule has 2 aromatic carbocycles. The van der Waals surface area contributed by atoms with Crippen molar-refractivity contribution in [2.45, 2.75) is 26.2 Å². The second-order valence-corrected chi connectivity index (χ2v) is 7.30. The molecule has 0 saturated carbocycles. The van der Waals surface area contributed by atoms with Gasteiger partial charge in [-0.2, -0.15) is 0 Å². The smallest absolute Gasteiger partial charge is 0.253 e. The topological polar surface area (TPSA) is 58.6 Å². The molecular formula is C22H25FN2O3. The third kappa shape index (κ3) is 4.95. The summed E-state index contributed by atoms with van der Waals surface area (Å²) in [4.78, 5) is 26.1. The van der Waals surface area contributed by atoms with Gasteiger partial charge in [0.2, 0.25) is 5.91 Å². The summed E-state index contributed by atoms with van der Waals surface area (Å²) in [5.74, 6) is -0.202. The van der Waals surface area contributed by atoms with Crippen molar-refractivity contribution in [3.05, 3.63) is 59.9 Å². The van der Waals surface area contributed by atoms with Crippen molar-refractivity contribution in [1.29, 1.82) is 0 Å². The Balaban J connectivity index is 1.63. The lowest BCUT2D eigenvalue weighted by Crippen LogP contribution is -2.41. The molecule has 28 heavy (non-hydrogen) atoms. The summed E-state index contributed by atoms with van der Waals surface area (Å²) in [6, 6.07) is 13.5. The Kier molecular flexibility index (Phi) is 6.41. The first kappa shape index (κ1) is 20.0. The fourth-order valence-corrected chi connectivity index (χ4v) is 3.38. The van der Waals surface area contributed by atoms with E-state index in [-0.39, 0.29) is 36.1 Å². The van der Waals surface area contributed by atoms with Crippen LogP contribution < -0.4 is 10.2 Å². The monoisotopic (exact) mass is 384 g/mol. The van der Waals surface area contributed by atoms with Crippen LogP contribution in [0.2, 0.25) is 0 Å². The van der Waals surface area contributed by atoms with E-state index in [4.69, 9.17) is 4.74 Å². The summed E-state index contributed by atoms with van der Waals surface area (Å²) < 4.78 is 18.3. The van der Waals surface area contributed by atoms with E-state index in [9.17, 15) is 14.0 Å². The standard InChI is InChI=1S/C22H25FN2O3/c1-15(2)20(16-3-5-17(23)6-4-16)13-21(26)24-18-7-9-19(10-8-18)25-11-12-28-14-22(25)27/h3-10,15,20H,11-14H2,1-2H3,(H,24,26). The molecule has 1 N–H and O–H groups in total. The van der Waals surface area contributed by atoms with Gasteiger partial charge in [0, 0.05) is 24.3 Å². The quantitative estimate of drug-likeness (QED) is 0.820. The number of morpholine rings is 1. The molecule has 2 amide bonds. The average Bonchev–Trinajstić information content (AvgIpc) is 2.68. The first-order valence-electron chi connectivity index (χ1n) is 9.47. The van der Waals surface area contributed by atoms with Crippen molar-refractivity contribution in [2.24, 2.45) is 5.92 Å². The molecular weight excluding hydrogens is 359 g/mol. The highest BCUT2D eigenvalue weighted by molar-refractivity contribution is 5.95. The number of carbonyl (C=O) groups is 2. The summed E-state index contributed by atoms with van der Waals surface area (Å²) in [6.07, 6.45) is 0.313. The van der Waals surface area contributed by atoms with Gasteiger partial charge in [0.25, 0.3) is 5.91 Å².